The lowest BCUT2D eigenvalue weighted by Gasteiger charge is -2.32. The Balaban J connectivity index is 3.20. The Labute approximate surface area is 152 Å². The first kappa shape index (κ1) is 21.7. The van der Waals surface area contributed by atoms with E-state index >= 15 is 0 Å². The van der Waals surface area contributed by atoms with Gasteiger partial charge in [-0.05, 0) is 25.3 Å². The third-order valence-corrected chi connectivity index (χ3v) is 3.63. The second kappa shape index (κ2) is 10.6. The SMILES string of the molecule is CCC[C@H]1OC(=O)[C@H](OC(C)=O)CC/C=C/[C@H](OC(C)=O)[C@@H]1OC(C)=O. The van der Waals surface area contributed by atoms with E-state index in [2.05, 4.69) is 0 Å². The molecule has 146 valence electrons. The minimum Gasteiger partial charge on any atom is -0.456 e. The fraction of sp³-hybridized carbons (Fsp3) is 0.667. The predicted octanol–water partition coefficient (Wildman–Crippen LogP) is 1.84. The first-order valence-electron chi connectivity index (χ1n) is 8.63. The molecule has 4 atom stereocenters. The van der Waals surface area contributed by atoms with E-state index in [1.165, 1.54) is 20.8 Å². The lowest BCUT2D eigenvalue weighted by atomic mass is 10.0. The average Bonchev–Trinajstić information content (AvgIpc) is 2.52. The lowest BCUT2D eigenvalue weighted by Crippen LogP contribution is -2.46. The Morgan fingerprint density at radius 3 is 2.23 bits per heavy atom. The van der Waals surface area contributed by atoms with E-state index in [0.29, 0.717) is 19.3 Å². The van der Waals surface area contributed by atoms with Crippen molar-refractivity contribution in [3.05, 3.63) is 12.2 Å². The molecule has 0 fully saturated rings. The molecule has 0 bridgehead atoms. The van der Waals surface area contributed by atoms with Crippen LogP contribution in [-0.4, -0.2) is 48.3 Å². The number of carbonyl (C=O) groups is 4. The van der Waals surface area contributed by atoms with Gasteiger partial charge in [-0.1, -0.05) is 19.4 Å². The van der Waals surface area contributed by atoms with Gasteiger partial charge in [0.2, 0.25) is 0 Å². The van der Waals surface area contributed by atoms with E-state index in [1.807, 2.05) is 6.92 Å². The Morgan fingerprint density at radius 1 is 1.08 bits per heavy atom. The van der Waals surface area contributed by atoms with Crippen molar-refractivity contribution in [1.82, 2.24) is 0 Å². The molecule has 0 aromatic carbocycles. The van der Waals surface area contributed by atoms with Crippen molar-refractivity contribution in [2.24, 2.45) is 0 Å². The number of ether oxygens (including phenoxy) is 4. The van der Waals surface area contributed by atoms with E-state index < -0.39 is 48.3 Å². The van der Waals surface area contributed by atoms with Crippen molar-refractivity contribution in [3.8, 4) is 0 Å². The number of hydrogen-bond donors (Lipinski definition) is 0. The predicted molar refractivity (Wildman–Crippen MR) is 89.8 cm³/mol. The molecule has 0 N–H and O–H groups in total. The summed E-state index contributed by atoms with van der Waals surface area (Å²) in [6.07, 6.45) is 1.16. The molecule has 1 heterocycles. The fourth-order valence-corrected chi connectivity index (χ4v) is 2.66. The van der Waals surface area contributed by atoms with Crippen LogP contribution in [0.3, 0.4) is 0 Å². The van der Waals surface area contributed by atoms with Crippen LogP contribution in [0, 0.1) is 0 Å². The van der Waals surface area contributed by atoms with Crippen LogP contribution < -0.4 is 0 Å². The molecule has 0 aromatic heterocycles. The molecule has 1 rings (SSSR count). The number of hydrogen-bond acceptors (Lipinski definition) is 8. The maximum absolute atomic E-state index is 12.4. The van der Waals surface area contributed by atoms with E-state index in [-0.39, 0.29) is 6.42 Å². The molecule has 26 heavy (non-hydrogen) atoms. The molecule has 0 aromatic rings. The summed E-state index contributed by atoms with van der Waals surface area (Å²) in [6.45, 7) is 5.55. The summed E-state index contributed by atoms with van der Waals surface area (Å²) in [5.41, 5.74) is 0. The molecule has 0 saturated carbocycles. The van der Waals surface area contributed by atoms with Gasteiger partial charge < -0.3 is 18.9 Å². The van der Waals surface area contributed by atoms with E-state index in [0.717, 1.165) is 0 Å². The monoisotopic (exact) mass is 370 g/mol. The summed E-state index contributed by atoms with van der Waals surface area (Å²) in [7, 11) is 0. The summed E-state index contributed by atoms with van der Waals surface area (Å²) in [5, 5.41) is 0. The second-order valence-electron chi connectivity index (χ2n) is 6.02. The van der Waals surface area contributed by atoms with Crippen LogP contribution in [0.2, 0.25) is 0 Å². The minimum absolute atomic E-state index is 0.235. The Kier molecular flexibility index (Phi) is 8.81. The van der Waals surface area contributed by atoms with Crippen molar-refractivity contribution in [2.45, 2.75) is 77.8 Å². The smallest absolute Gasteiger partial charge is 0.347 e. The quantitative estimate of drug-likeness (QED) is 0.410. The zero-order valence-electron chi connectivity index (χ0n) is 15.6. The first-order valence-corrected chi connectivity index (χ1v) is 8.63. The zero-order chi connectivity index (χ0) is 19.7. The summed E-state index contributed by atoms with van der Waals surface area (Å²) in [6, 6.07) is 0. The number of rotatable bonds is 5. The van der Waals surface area contributed by atoms with Crippen LogP contribution in [0.25, 0.3) is 0 Å². The Bertz CT molecular complexity index is 553. The fourth-order valence-electron chi connectivity index (χ4n) is 2.66. The highest BCUT2D eigenvalue weighted by molar-refractivity contribution is 5.78. The van der Waals surface area contributed by atoms with Gasteiger partial charge in [0.15, 0.2) is 18.3 Å². The molecule has 1 aliphatic heterocycles. The van der Waals surface area contributed by atoms with Crippen LogP contribution in [0.4, 0.5) is 0 Å². The molecule has 8 nitrogen and oxygen atoms in total. The van der Waals surface area contributed by atoms with E-state index in [4.69, 9.17) is 18.9 Å². The summed E-state index contributed by atoms with van der Waals surface area (Å²) >= 11 is 0. The molecule has 0 unspecified atom stereocenters. The molecular formula is C18H26O8. The van der Waals surface area contributed by atoms with Crippen molar-refractivity contribution >= 4 is 23.9 Å². The Hall–Kier alpha value is -2.38. The topological polar surface area (TPSA) is 105 Å². The molecule has 1 aliphatic rings. The standard InChI is InChI=1S/C18H26O8/c1-5-8-14-17(25-13(4)21)15(23-11(2)19)9-6-7-10-16(18(22)26-14)24-12(3)20/h6,9,14-17H,5,7-8,10H2,1-4H3/b9-6+/t14-,15+,16-,17-/m1/s1. The number of allylic oxidation sites excluding steroid dienone is 1. The second-order valence-corrected chi connectivity index (χ2v) is 6.02. The van der Waals surface area contributed by atoms with Gasteiger partial charge in [-0.25, -0.2) is 4.79 Å². The number of carbonyl (C=O) groups excluding carboxylic acids is 4. The maximum Gasteiger partial charge on any atom is 0.347 e. The van der Waals surface area contributed by atoms with Crippen LogP contribution in [0.5, 0.6) is 0 Å². The molecule has 0 saturated heterocycles. The van der Waals surface area contributed by atoms with Crippen LogP contribution in [0.15, 0.2) is 12.2 Å². The van der Waals surface area contributed by atoms with Gasteiger partial charge in [0.05, 0.1) is 0 Å². The van der Waals surface area contributed by atoms with Crippen molar-refractivity contribution in [2.75, 3.05) is 0 Å². The van der Waals surface area contributed by atoms with Gasteiger partial charge in [0, 0.05) is 20.8 Å². The molecular weight excluding hydrogens is 344 g/mol. The average molecular weight is 370 g/mol. The molecule has 0 spiro atoms. The highest BCUT2D eigenvalue weighted by Gasteiger charge is 2.38. The van der Waals surface area contributed by atoms with Gasteiger partial charge in [-0.2, -0.15) is 0 Å². The van der Waals surface area contributed by atoms with Crippen molar-refractivity contribution in [1.29, 1.82) is 0 Å². The van der Waals surface area contributed by atoms with Gasteiger partial charge in [-0.3, -0.25) is 14.4 Å². The van der Waals surface area contributed by atoms with Crippen LogP contribution in [-0.2, 0) is 38.1 Å². The normalized spacial score (nSPS) is 27.6. The number of cyclic esters (lactones) is 1. The van der Waals surface area contributed by atoms with Gasteiger partial charge in [0.25, 0.3) is 0 Å². The summed E-state index contributed by atoms with van der Waals surface area (Å²) in [5.74, 6) is -2.44. The highest BCUT2D eigenvalue weighted by atomic mass is 16.6. The van der Waals surface area contributed by atoms with Gasteiger partial charge >= 0.3 is 23.9 Å². The molecule has 0 radical (unpaired) electrons. The van der Waals surface area contributed by atoms with Crippen LogP contribution in [0.1, 0.15) is 53.4 Å². The van der Waals surface area contributed by atoms with Gasteiger partial charge in [0.1, 0.15) is 6.10 Å². The first-order chi connectivity index (χ1) is 12.2. The van der Waals surface area contributed by atoms with Crippen molar-refractivity contribution in [3.63, 3.8) is 0 Å². The maximum atomic E-state index is 12.4. The molecule has 0 amide bonds. The summed E-state index contributed by atoms with van der Waals surface area (Å²) in [4.78, 5) is 46.6. The lowest BCUT2D eigenvalue weighted by molar-refractivity contribution is -0.188. The largest absolute Gasteiger partial charge is 0.456 e. The third kappa shape index (κ3) is 7.25. The Morgan fingerprint density at radius 2 is 1.69 bits per heavy atom. The minimum atomic E-state index is -1.04. The molecule has 0 aliphatic carbocycles. The summed E-state index contributed by atoms with van der Waals surface area (Å²) < 4.78 is 21.1. The zero-order valence-corrected chi connectivity index (χ0v) is 15.6. The van der Waals surface area contributed by atoms with Gasteiger partial charge in [-0.15, -0.1) is 0 Å². The molecule has 8 heteroatoms. The van der Waals surface area contributed by atoms with E-state index in [1.54, 1.807) is 12.2 Å². The van der Waals surface area contributed by atoms with Crippen molar-refractivity contribution < 1.29 is 38.1 Å². The van der Waals surface area contributed by atoms with E-state index in [9.17, 15) is 19.2 Å². The number of esters is 4. The van der Waals surface area contributed by atoms with Crippen LogP contribution >= 0.6 is 0 Å². The highest BCUT2D eigenvalue weighted by Crippen LogP contribution is 2.22. The third-order valence-electron chi connectivity index (χ3n) is 3.63.